The largest absolute Gasteiger partial charge is 0.465 e. The maximum atomic E-state index is 11.5. The zero-order chi connectivity index (χ0) is 14.8. The van der Waals surface area contributed by atoms with Crippen LogP contribution in [0.2, 0.25) is 0 Å². The monoisotopic (exact) mass is 277 g/mol. The van der Waals surface area contributed by atoms with Crippen LogP contribution in [-0.2, 0) is 9.53 Å². The van der Waals surface area contributed by atoms with E-state index in [0.717, 1.165) is 18.4 Å². The zero-order valence-corrected chi connectivity index (χ0v) is 11.7. The van der Waals surface area contributed by atoms with Gasteiger partial charge in [0.1, 0.15) is 0 Å². The molecule has 5 nitrogen and oxygen atoms in total. The fourth-order valence-corrected chi connectivity index (χ4v) is 3.00. The molecule has 1 saturated heterocycles. The van der Waals surface area contributed by atoms with E-state index in [9.17, 15) is 14.7 Å². The molecule has 1 fully saturated rings. The average Bonchev–Trinajstić information content (AvgIpc) is 2.38. The second kappa shape index (κ2) is 5.53. The molecular weight excluding hydrogens is 258 g/mol. The Morgan fingerprint density at radius 1 is 1.35 bits per heavy atom. The minimum atomic E-state index is -1.16. The molecule has 1 heterocycles. The SMILES string of the molecule is CC(=O)OC1(C)C(c2ccccc2)CCCN1C(=O)O. The molecule has 20 heavy (non-hydrogen) atoms. The molecule has 0 bridgehead atoms. The summed E-state index contributed by atoms with van der Waals surface area (Å²) in [4.78, 5) is 24.1. The molecule has 1 aromatic rings. The maximum absolute atomic E-state index is 11.5. The van der Waals surface area contributed by atoms with Crippen molar-refractivity contribution in [1.82, 2.24) is 4.90 Å². The first-order chi connectivity index (χ1) is 9.45. The van der Waals surface area contributed by atoms with Crippen molar-refractivity contribution in [3.8, 4) is 0 Å². The molecule has 1 aliphatic heterocycles. The predicted molar refractivity (Wildman–Crippen MR) is 73.3 cm³/mol. The van der Waals surface area contributed by atoms with E-state index >= 15 is 0 Å². The topological polar surface area (TPSA) is 66.8 Å². The number of carbonyl (C=O) groups excluding carboxylic acids is 1. The standard InChI is InChI=1S/C15H19NO4/c1-11(17)20-15(2)13(12-7-4-3-5-8-12)9-6-10-16(15)14(18)19/h3-5,7-8,13H,6,9-10H2,1-2H3,(H,18,19). The van der Waals surface area contributed by atoms with E-state index in [-0.39, 0.29) is 5.92 Å². The summed E-state index contributed by atoms with van der Waals surface area (Å²) in [5, 5.41) is 9.39. The van der Waals surface area contributed by atoms with Gasteiger partial charge in [0.25, 0.3) is 0 Å². The Kier molecular flexibility index (Phi) is 3.97. The Morgan fingerprint density at radius 3 is 2.55 bits per heavy atom. The molecule has 1 aliphatic rings. The lowest BCUT2D eigenvalue weighted by molar-refractivity contribution is -0.184. The van der Waals surface area contributed by atoms with Gasteiger partial charge in [0.05, 0.1) is 0 Å². The summed E-state index contributed by atoms with van der Waals surface area (Å²) in [5.41, 5.74) is -0.167. The van der Waals surface area contributed by atoms with Crippen molar-refractivity contribution in [3.63, 3.8) is 0 Å². The van der Waals surface area contributed by atoms with E-state index in [1.807, 2.05) is 30.3 Å². The number of ether oxygens (including phenoxy) is 1. The van der Waals surface area contributed by atoms with E-state index in [0.29, 0.717) is 6.54 Å². The van der Waals surface area contributed by atoms with Crippen molar-refractivity contribution in [2.45, 2.75) is 38.3 Å². The van der Waals surface area contributed by atoms with Crippen LogP contribution in [0.1, 0.15) is 38.2 Å². The average molecular weight is 277 g/mol. The first-order valence-corrected chi connectivity index (χ1v) is 6.70. The van der Waals surface area contributed by atoms with E-state index in [1.165, 1.54) is 11.8 Å². The summed E-state index contributed by atoms with van der Waals surface area (Å²) in [6, 6.07) is 9.60. The van der Waals surface area contributed by atoms with Crippen molar-refractivity contribution in [1.29, 1.82) is 0 Å². The van der Waals surface area contributed by atoms with Crippen molar-refractivity contribution in [2.24, 2.45) is 0 Å². The van der Waals surface area contributed by atoms with Gasteiger partial charge in [-0.3, -0.25) is 9.69 Å². The summed E-state index contributed by atoms with van der Waals surface area (Å²) < 4.78 is 5.43. The van der Waals surface area contributed by atoms with Gasteiger partial charge in [-0.05, 0) is 25.3 Å². The molecule has 108 valence electrons. The lowest BCUT2D eigenvalue weighted by Crippen LogP contribution is -2.58. The number of rotatable bonds is 2. The van der Waals surface area contributed by atoms with E-state index in [4.69, 9.17) is 4.74 Å². The molecule has 2 unspecified atom stereocenters. The first kappa shape index (κ1) is 14.4. The van der Waals surface area contributed by atoms with Gasteiger partial charge in [0.2, 0.25) is 0 Å². The molecule has 1 N–H and O–H groups in total. The third-order valence-electron chi connectivity index (χ3n) is 3.84. The zero-order valence-electron chi connectivity index (χ0n) is 11.7. The number of piperidine rings is 1. The normalized spacial score (nSPS) is 26.1. The minimum absolute atomic E-state index is 0.155. The van der Waals surface area contributed by atoms with Crippen LogP contribution in [0, 0.1) is 0 Å². The Labute approximate surface area is 118 Å². The molecule has 1 amide bonds. The third kappa shape index (κ3) is 2.61. The summed E-state index contributed by atoms with van der Waals surface area (Å²) in [6.45, 7) is 3.36. The van der Waals surface area contributed by atoms with Crippen molar-refractivity contribution in [2.75, 3.05) is 6.54 Å². The predicted octanol–water partition coefficient (Wildman–Crippen LogP) is 2.82. The van der Waals surface area contributed by atoms with Crippen LogP contribution >= 0.6 is 0 Å². The van der Waals surface area contributed by atoms with Gasteiger partial charge in [-0.25, -0.2) is 4.79 Å². The third-order valence-corrected chi connectivity index (χ3v) is 3.84. The molecule has 5 heteroatoms. The Bertz CT molecular complexity index is 502. The fourth-order valence-electron chi connectivity index (χ4n) is 3.00. The van der Waals surface area contributed by atoms with Crippen molar-refractivity contribution < 1.29 is 19.4 Å². The lowest BCUT2D eigenvalue weighted by Gasteiger charge is -2.47. The Hall–Kier alpha value is -2.04. The number of hydrogen-bond donors (Lipinski definition) is 1. The number of likely N-dealkylation sites (tertiary alicyclic amines) is 1. The van der Waals surface area contributed by atoms with Crippen LogP contribution in [0.4, 0.5) is 4.79 Å². The number of carbonyl (C=O) groups is 2. The van der Waals surface area contributed by atoms with Crippen molar-refractivity contribution >= 4 is 12.1 Å². The summed E-state index contributed by atoms with van der Waals surface area (Å²) >= 11 is 0. The quantitative estimate of drug-likeness (QED) is 0.844. The van der Waals surface area contributed by atoms with Gasteiger partial charge < -0.3 is 9.84 Å². The van der Waals surface area contributed by atoms with Gasteiger partial charge in [-0.1, -0.05) is 30.3 Å². The van der Waals surface area contributed by atoms with E-state index in [1.54, 1.807) is 6.92 Å². The van der Waals surface area contributed by atoms with E-state index < -0.39 is 17.8 Å². The summed E-state index contributed by atoms with van der Waals surface area (Å²) in [7, 11) is 0. The maximum Gasteiger partial charge on any atom is 0.410 e. The van der Waals surface area contributed by atoms with Crippen LogP contribution in [0.5, 0.6) is 0 Å². The summed E-state index contributed by atoms with van der Waals surface area (Å²) in [5.74, 6) is -0.626. The van der Waals surface area contributed by atoms with E-state index in [2.05, 4.69) is 0 Å². The highest BCUT2D eigenvalue weighted by molar-refractivity contribution is 5.70. The molecule has 0 aliphatic carbocycles. The molecule has 0 saturated carbocycles. The lowest BCUT2D eigenvalue weighted by atomic mass is 9.81. The number of nitrogens with zero attached hydrogens (tertiary/aromatic N) is 1. The molecule has 0 radical (unpaired) electrons. The highest BCUT2D eigenvalue weighted by Gasteiger charge is 2.48. The Morgan fingerprint density at radius 2 is 2.00 bits per heavy atom. The fraction of sp³-hybridized carbons (Fsp3) is 0.467. The van der Waals surface area contributed by atoms with Crippen molar-refractivity contribution in [3.05, 3.63) is 35.9 Å². The van der Waals surface area contributed by atoms with Gasteiger partial charge in [0.15, 0.2) is 5.72 Å². The highest BCUT2D eigenvalue weighted by Crippen LogP contribution is 2.41. The van der Waals surface area contributed by atoms with Crippen LogP contribution in [0.3, 0.4) is 0 Å². The smallest absolute Gasteiger partial charge is 0.410 e. The molecule has 2 atom stereocenters. The van der Waals surface area contributed by atoms with Crippen LogP contribution in [0.15, 0.2) is 30.3 Å². The molecular formula is C15H19NO4. The first-order valence-electron chi connectivity index (χ1n) is 6.70. The van der Waals surface area contributed by atoms with Gasteiger partial charge in [0, 0.05) is 19.4 Å². The van der Waals surface area contributed by atoms with Gasteiger partial charge in [-0.2, -0.15) is 0 Å². The number of amides is 1. The van der Waals surface area contributed by atoms with Gasteiger partial charge >= 0.3 is 12.1 Å². The highest BCUT2D eigenvalue weighted by atomic mass is 16.6. The van der Waals surface area contributed by atoms with Crippen LogP contribution in [-0.4, -0.2) is 34.3 Å². The molecule has 0 spiro atoms. The molecule has 2 rings (SSSR count). The minimum Gasteiger partial charge on any atom is -0.465 e. The number of esters is 1. The molecule has 1 aromatic carbocycles. The van der Waals surface area contributed by atoms with Gasteiger partial charge in [-0.15, -0.1) is 0 Å². The van der Waals surface area contributed by atoms with Crippen LogP contribution in [0.25, 0.3) is 0 Å². The number of carboxylic acid groups (broad SMARTS) is 1. The van der Waals surface area contributed by atoms with Crippen LogP contribution < -0.4 is 0 Å². The second-order valence-electron chi connectivity index (χ2n) is 5.19. The number of hydrogen-bond acceptors (Lipinski definition) is 3. The number of benzene rings is 1. The molecule has 0 aromatic heterocycles. The summed E-state index contributed by atoms with van der Waals surface area (Å²) in [6.07, 6.45) is 0.481. The Balaban J connectivity index is 2.42. The second-order valence-corrected chi connectivity index (χ2v) is 5.19.